The number of benzene rings is 2. The average molecular weight is 387 g/mol. The average Bonchev–Trinajstić information content (AvgIpc) is 3.29. The van der Waals surface area contributed by atoms with E-state index in [9.17, 15) is 18.3 Å². The topological polar surface area (TPSA) is 50.9 Å². The van der Waals surface area contributed by atoms with E-state index in [1.807, 2.05) is 0 Å². The van der Waals surface area contributed by atoms with Crippen molar-refractivity contribution in [2.75, 3.05) is 0 Å². The third-order valence-electron chi connectivity index (χ3n) is 3.88. The molecule has 0 spiro atoms. The Morgan fingerprint density at radius 1 is 0.889 bits per heavy atom. The Labute approximate surface area is 156 Å². The minimum atomic E-state index is -4.57. The van der Waals surface area contributed by atoms with Gasteiger partial charge in [0.25, 0.3) is 0 Å². The van der Waals surface area contributed by atoms with Crippen LogP contribution in [-0.4, -0.2) is 19.9 Å². The second-order valence-corrected chi connectivity index (χ2v) is 6.59. The number of rotatable bonds is 3. The monoisotopic (exact) mass is 387 g/mol. The Hall–Kier alpha value is -3.13. The smallest absolute Gasteiger partial charge is 0.433 e. The van der Waals surface area contributed by atoms with Gasteiger partial charge in [0, 0.05) is 16.5 Å². The van der Waals surface area contributed by atoms with Crippen molar-refractivity contribution in [1.82, 2.24) is 14.8 Å². The predicted molar refractivity (Wildman–Crippen MR) is 96.8 cm³/mol. The number of nitrogens with zero attached hydrogens (tertiary/aromatic N) is 3. The van der Waals surface area contributed by atoms with Gasteiger partial charge in [0.15, 0.2) is 5.69 Å². The number of aromatic nitrogens is 3. The molecule has 0 aliphatic rings. The van der Waals surface area contributed by atoms with Crippen LogP contribution in [0, 0.1) is 0 Å². The zero-order chi connectivity index (χ0) is 19.0. The number of alkyl halides is 3. The first kappa shape index (κ1) is 17.3. The van der Waals surface area contributed by atoms with Gasteiger partial charge in [-0.25, -0.2) is 9.67 Å². The molecule has 0 amide bonds. The summed E-state index contributed by atoms with van der Waals surface area (Å²) < 4.78 is 41.4. The van der Waals surface area contributed by atoms with E-state index in [0.29, 0.717) is 16.8 Å². The maximum absolute atomic E-state index is 13.5. The number of thiazole rings is 1. The van der Waals surface area contributed by atoms with E-state index in [1.54, 1.807) is 47.8 Å². The SMILES string of the molecule is Oc1cccc(-c2csc(-n3nc(-c4ccccc4)cc3C(F)(F)F)n2)c1. The van der Waals surface area contributed by atoms with E-state index in [1.165, 1.54) is 12.1 Å². The summed E-state index contributed by atoms with van der Waals surface area (Å²) in [6.07, 6.45) is -4.57. The summed E-state index contributed by atoms with van der Waals surface area (Å²) in [6.45, 7) is 0. The molecule has 0 saturated carbocycles. The summed E-state index contributed by atoms with van der Waals surface area (Å²) >= 11 is 1.05. The number of hydrogen-bond donors (Lipinski definition) is 1. The first-order valence-corrected chi connectivity index (χ1v) is 8.78. The molecule has 0 saturated heterocycles. The summed E-state index contributed by atoms with van der Waals surface area (Å²) in [5.41, 5.74) is 0.999. The predicted octanol–water partition coefficient (Wildman–Crippen LogP) is 5.39. The van der Waals surface area contributed by atoms with Crippen molar-refractivity contribution in [2.45, 2.75) is 6.18 Å². The lowest BCUT2D eigenvalue weighted by molar-refractivity contribution is -0.142. The van der Waals surface area contributed by atoms with Crippen LogP contribution in [0.1, 0.15) is 5.69 Å². The van der Waals surface area contributed by atoms with Crippen molar-refractivity contribution in [2.24, 2.45) is 0 Å². The lowest BCUT2D eigenvalue weighted by Crippen LogP contribution is -2.13. The highest BCUT2D eigenvalue weighted by Crippen LogP contribution is 2.35. The quantitative estimate of drug-likeness (QED) is 0.513. The van der Waals surface area contributed by atoms with Crippen molar-refractivity contribution < 1.29 is 18.3 Å². The van der Waals surface area contributed by atoms with Crippen LogP contribution in [-0.2, 0) is 6.18 Å². The van der Waals surface area contributed by atoms with Crippen LogP contribution in [0.5, 0.6) is 5.75 Å². The standard InChI is InChI=1S/C19H12F3N3OS/c20-19(21,22)17-10-15(12-5-2-1-3-6-12)24-25(17)18-23-16(11-27-18)13-7-4-8-14(26)9-13/h1-11,26H. The van der Waals surface area contributed by atoms with Crippen LogP contribution in [0.25, 0.3) is 27.6 Å². The van der Waals surface area contributed by atoms with Crippen molar-refractivity contribution in [1.29, 1.82) is 0 Å². The Kier molecular flexibility index (Phi) is 4.19. The Morgan fingerprint density at radius 3 is 2.33 bits per heavy atom. The first-order valence-electron chi connectivity index (χ1n) is 7.90. The zero-order valence-corrected chi connectivity index (χ0v) is 14.5. The molecule has 1 N–H and O–H groups in total. The van der Waals surface area contributed by atoms with Crippen LogP contribution < -0.4 is 0 Å². The molecule has 0 bridgehead atoms. The summed E-state index contributed by atoms with van der Waals surface area (Å²) in [4.78, 5) is 4.28. The minimum Gasteiger partial charge on any atom is -0.508 e. The molecule has 136 valence electrons. The van der Waals surface area contributed by atoms with Crippen molar-refractivity contribution in [3.05, 3.63) is 71.7 Å². The molecule has 0 aliphatic heterocycles. The summed E-state index contributed by atoms with van der Waals surface area (Å²) in [5.74, 6) is 0.0588. The van der Waals surface area contributed by atoms with E-state index in [2.05, 4.69) is 10.1 Å². The lowest BCUT2D eigenvalue weighted by atomic mass is 10.1. The van der Waals surface area contributed by atoms with E-state index in [-0.39, 0.29) is 16.6 Å². The Balaban J connectivity index is 1.81. The summed E-state index contributed by atoms with van der Waals surface area (Å²) in [6, 6.07) is 16.1. The van der Waals surface area contributed by atoms with E-state index in [4.69, 9.17) is 0 Å². The van der Waals surface area contributed by atoms with Crippen LogP contribution in [0.4, 0.5) is 13.2 Å². The molecule has 0 fully saturated rings. The molecule has 4 aromatic rings. The first-order chi connectivity index (χ1) is 12.9. The minimum absolute atomic E-state index is 0.0588. The lowest BCUT2D eigenvalue weighted by Gasteiger charge is -2.07. The third-order valence-corrected chi connectivity index (χ3v) is 4.70. The van der Waals surface area contributed by atoms with Gasteiger partial charge >= 0.3 is 6.18 Å². The molecule has 2 aromatic carbocycles. The van der Waals surface area contributed by atoms with Crippen molar-refractivity contribution in [3.63, 3.8) is 0 Å². The van der Waals surface area contributed by atoms with Crippen LogP contribution in [0.2, 0.25) is 0 Å². The molecule has 0 atom stereocenters. The highest BCUT2D eigenvalue weighted by molar-refractivity contribution is 7.12. The van der Waals surface area contributed by atoms with Gasteiger partial charge < -0.3 is 5.11 Å². The van der Waals surface area contributed by atoms with Gasteiger partial charge in [-0.15, -0.1) is 11.3 Å². The van der Waals surface area contributed by atoms with Gasteiger partial charge in [-0.3, -0.25) is 0 Å². The molecular weight excluding hydrogens is 375 g/mol. The zero-order valence-electron chi connectivity index (χ0n) is 13.7. The van der Waals surface area contributed by atoms with E-state index < -0.39 is 11.9 Å². The Morgan fingerprint density at radius 2 is 1.63 bits per heavy atom. The highest BCUT2D eigenvalue weighted by Gasteiger charge is 2.37. The molecule has 0 radical (unpaired) electrons. The maximum Gasteiger partial charge on any atom is 0.433 e. The molecule has 2 heterocycles. The van der Waals surface area contributed by atoms with Crippen LogP contribution >= 0.6 is 11.3 Å². The van der Waals surface area contributed by atoms with Gasteiger partial charge in [0.1, 0.15) is 5.75 Å². The fourth-order valence-electron chi connectivity index (χ4n) is 2.64. The number of phenols is 1. The van der Waals surface area contributed by atoms with Gasteiger partial charge in [-0.05, 0) is 18.2 Å². The van der Waals surface area contributed by atoms with Crippen molar-refractivity contribution in [3.8, 4) is 33.4 Å². The fourth-order valence-corrected chi connectivity index (χ4v) is 3.43. The van der Waals surface area contributed by atoms with E-state index in [0.717, 1.165) is 22.1 Å². The maximum atomic E-state index is 13.5. The van der Waals surface area contributed by atoms with Gasteiger partial charge in [0.2, 0.25) is 5.13 Å². The number of hydrogen-bond acceptors (Lipinski definition) is 4. The molecule has 0 unspecified atom stereocenters. The van der Waals surface area contributed by atoms with E-state index >= 15 is 0 Å². The van der Waals surface area contributed by atoms with Gasteiger partial charge in [0.05, 0.1) is 11.4 Å². The number of phenolic OH excluding ortho intramolecular Hbond substituents is 1. The highest BCUT2D eigenvalue weighted by atomic mass is 32.1. The molecule has 8 heteroatoms. The number of aromatic hydroxyl groups is 1. The number of halogens is 3. The fraction of sp³-hybridized carbons (Fsp3) is 0.0526. The molecule has 4 rings (SSSR count). The third kappa shape index (κ3) is 3.43. The second-order valence-electron chi connectivity index (χ2n) is 5.76. The molecule has 27 heavy (non-hydrogen) atoms. The van der Waals surface area contributed by atoms with Gasteiger partial charge in [-0.2, -0.15) is 18.3 Å². The van der Waals surface area contributed by atoms with Gasteiger partial charge in [-0.1, -0.05) is 42.5 Å². The molecule has 2 aromatic heterocycles. The summed E-state index contributed by atoms with van der Waals surface area (Å²) in [5, 5.41) is 15.5. The normalized spacial score (nSPS) is 11.7. The van der Waals surface area contributed by atoms with Crippen LogP contribution in [0.3, 0.4) is 0 Å². The van der Waals surface area contributed by atoms with Crippen molar-refractivity contribution >= 4 is 11.3 Å². The molecule has 0 aliphatic carbocycles. The largest absolute Gasteiger partial charge is 0.508 e. The summed E-state index contributed by atoms with van der Waals surface area (Å²) in [7, 11) is 0. The second kappa shape index (κ2) is 6.55. The molecular formula is C19H12F3N3OS. The Bertz CT molecular complexity index is 1090. The molecule has 4 nitrogen and oxygen atoms in total. The van der Waals surface area contributed by atoms with Crippen LogP contribution in [0.15, 0.2) is 66.0 Å².